The van der Waals surface area contributed by atoms with Crippen LogP contribution in [-0.2, 0) is 11.2 Å². The number of ether oxygens (including phenoxy) is 1. The molecule has 2 N–H and O–H groups in total. The first-order chi connectivity index (χ1) is 17.9. The maximum atomic E-state index is 13.2. The van der Waals surface area contributed by atoms with Crippen LogP contribution in [0.15, 0.2) is 42.5 Å². The lowest BCUT2D eigenvalue weighted by Crippen LogP contribution is -2.34. The smallest absolute Gasteiger partial charge is 0.408 e. The van der Waals surface area contributed by atoms with Gasteiger partial charge in [-0.25, -0.2) is 0 Å². The van der Waals surface area contributed by atoms with E-state index in [-0.39, 0.29) is 29.7 Å². The number of rotatable bonds is 10. The van der Waals surface area contributed by atoms with Crippen LogP contribution in [0.1, 0.15) is 80.5 Å². The molecule has 6 heteroatoms. The van der Waals surface area contributed by atoms with E-state index in [1.165, 1.54) is 18.6 Å². The van der Waals surface area contributed by atoms with Crippen molar-refractivity contribution in [2.45, 2.75) is 58.8 Å². The molecule has 1 fully saturated rings. The van der Waals surface area contributed by atoms with Crippen LogP contribution in [0.25, 0.3) is 0 Å². The fraction of sp³-hybridized carbons (Fsp3) is 0.481. The molecule has 6 nitrogen and oxygen atoms in total. The highest BCUT2D eigenvalue weighted by Gasteiger charge is 2.23. The summed E-state index contributed by atoms with van der Waals surface area (Å²) in [6.45, 7) is 0.169. The molecular weight excluding hydrogens is 416 g/mol. The fourth-order valence-electron chi connectivity index (χ4n) is 4.36. The summed E-state index contributed by atoms with van der Waals surface area (Å²) in [5.74, 6) is -0.0613. The molecule has 0 bridgehead atoms. The third kappa shape index (κ3) is 6.98. The Morgan fingerprint density at radius 1 is 1.27 bits per heavy atom. The van der Waals surface area contributed by atoms with Gasteiger partial charge in [0.1, 0.15) is 11.3 Å². The Labute approximate surface area is 204 Å². The van der Waals surface area contributed by atoms with Crippen LogP contribution in [0.2, 0.25) is 0 Å². The third-order valence-corrected chi connectivity index (χ3v) is 5.83. The number of aldehydes is 1. The van der Waals surface area contributed by atoms with E-state index in [0.717, 1.165) is 49.9 Å². The standard InChI is InChI=1S/C27H36N2O4/c1-4-32-26-17-21(12-13-22(26)19-33-31)18-27(30)28-24(16-20(2)3)23-10-6-7-11-25(23)29-14-8-5-9-15-29/h6-7,10-13,17,19-20,24,31H,4-5,8-9,14-16,18H2,1-3H3/p+1/t24-/m0/s1/i1D3,4D2. The summed E-state index contributed by atoms with van der Waals surface area (Å²) in [5, 5.41) is 12.0. The summed E-state index contributed by atoms with van der Waals surface area (Å²) >= 11 is 0. The van der Waals surface area contributed by atoms with Gasteiger partial charge < -0.3 is 15.0 Å². The Kier molecular flexibility index (Phi) is 6.85. The van der Waals surface area contributed by atoms with E-state index in [4.69, 9.17) is 16.8 Å². The van der Waals surface area contributed by atoms with Crippen molar-refractivity contribution in [3.63, 3.8) is 0 Å². The molecule has 0 spiro atoms. The summed E-state index contributed by atoms with van der Waals surface area (Å²) in [5.41, 5.74) is 2.83. The monoisotopic (exact) mass is 458 g/mol. The average molecular weight is 459 g/mol. The van der Waals surface area contributed by atoms with E-state index in [2.05, 4.69) is 40.8 Å². The molecule has 0 aliphatic carbocycles. The summed E-state index contributed by atoms with van der Waals surface area (Å²) in [6.07, 6.45) is 5.14. The minimum atomic E-state index is -3.05. The molecule has 1 amide bonds. The van der Waals surface area contributed by atoms with Crippen molar-refractivity contribution in [1.82, 2.24) is 5.32 Å². The van der Waals surface area contributed by atoms with E-state index in [0.29, 0.717) is 11.5 Å². The molecule has 0 aromatic heterocycles. The predicted molar refractivity (Wildman–Crippen MR) is 132 cm³/mol. The molecule has 1 saturated heterocycles. The van der Waals surface area contributed by atoms with Crippen LogP contribution in [0.5, 0.6) is 5.75 Å². The number of hydrogen-bond donors (Lipinski definition) is 2. The largest absolute Gasteiger partial charge is 0.493 e. The van der Waals surface area contributed by atoms with Crippen molar-refractivity contribution in [2.75, 3.05) is 24.5 Å². The third-order valence-electron chi connectivity index (χ3n) is 5.83. The predicted octanol–water partition coefficient (Wildman–Crippen LogP) is 5.34. The quantitative estimate of drug-likeness (QED) is 0.218. The number of piperidine rings is 1. The van der Waals surface area contributed by atoms with E-state index in [1.54, 1.807) is 6.07 Å². The van der Waals surface area contributed by atoms with Crippen LogP contribution in [0.4, 0.5) is 5.69 Å². The van der Waals surface area contributed by atoms with Crippen LogP contribution in [0.3, 0.4) is 0 Å². The molecule has 178 valence electrons. The lowest BCUT2D eigenvalue weighted by molar-refractivity contribution is -0.583. The Morgan fingerprint density at radius 2 is 2.06 bits per heavy atom. The molecule has 2 aromatic rings. The Hall–Kier alpha value is -3.02. The first-order valence-electron chi connectivity index (χ1n) is 14.0. The van der Waals surface area contributed by atoms with Gasteiger partial charge in [0.25, 0.3) is 0 Å². The zero-order valence-corrected chi connectivity index (χ0v) is 19.3. The van der Waals surface area contributed by atoms with Gasteiger partial charge in [0.2, 0.25) is 5.91 Å². The van der Waals surface area contributed by atoms with Crippen LogP contribution in [-0.4, -0.2) is 37.1 Å². The van der Waals surface area contributed by atoms with E-state index in [9.17, 15) is 4.79 Å². The van der Waals surface area contributed by atoms with Gasteiger partial charge in [0, 0.05) is 27.5 Å². The fourth-order valence-corrected chi connectivity index (χ4v) is 4.36. The maximum absolute atomic E-state index is 13.2. The number of nitrogens with one attached hydrogen (secondary N) is 1. The Balaban J connectivity index is 1.83. The van der Waals surface area contributed by atoms with Gasteiger partial charge in [-0.15, -0.1) is 0 Å². The molecule has 1 aliphatic rings. The number of hydrogen-bond acceptors (Lipinski definition) is 4. The number of para-hydroxylation sites is 1. The maximum Gasteiger partial charge on any atom is 0.408 e. The van der Waals surface area contributed by atoms with Crippen LogP contribution in [0, 0.1) is 5.92 Å². The van der Waals surface area contributed by atoms with Crippen molar-refractivity contribution in [3.05, 3.63) is 59.2 Å². The number of amides is 1. The normalized spacial score (nSPS) is 18.2. The van der Waals surface area contributed by atoms with Gasteiger partial charge in [-0.3, -0.25) is 4.79 Å². The summed E-state index contributed by atoms with van der Waals surface area (Å²) in [4.78, 5) is 15.6. The molecule has 1 heterocycles. The summed E-state index contributed by atoms with van der Waals surface area (Å²) in [7, 11) is 0. The van der Waals surface area contributed by atoms with Gasteiger partial charge in [0.05, 0.1) is 21.8 Å². The highest BCUT2D eigenvalue weighted by atomic mass is 17.1. The number of carbonyl (C=O) groups is 1. The van der Waals surface area contributed by atoms with E-state index < -0.39 is 13.4 Å². The second-order valence-corrected chi connectivity index (χ2v) is 8.83. The zero-order valence-electron chi connectivity index (χ0n) is 24.3. The lowest BCUT2D eigenvalue weighted by atomic mass is 9.94. The number of nitrogens with zero attached hydrogens (tertiary/aromatic N) is 1. The van der Waals surface area contributed by atoms with Crippen molar-refractivity contribution in [2.24, 2.45) is 5.92 Å². The first kappa shape index (κ1) is 18.4. The topological polar surface area (TPSA) is 73.1 Å². The second-order valence-electron chi connectivity index (χ2n) is 8.83. The SMILES string of the molecule is [2H]C([2H])([2H])C([2H])([2H])Oc1cc(CC(=O)N[C@@H](CC(C)C)c2ccccc2N2CCCCC2)ccc1C=[O+]O. The molecule has 1 aliphatic heterocycles. The molecular formula is C27H37N2O4+. The van der Waals surface area contributed by atoms with E-state index >= 15 is 0 Å². The highest BCUT2D eigenvalue weighted by molar-refractivity contribution is 5.82. The number of benzene rings is 2. The molecule has 0 unspecified atom stereocenters. The van der Waals surface area contributed by atoms with Gasteiger partial charge in [0.15, 0.2) is 0 Å². The highest BCUT2D eigenvalue weighted by Crippen LogP contribution is 2.32. The molecule has 0 saturated carbocycles. The van der Waals surface area contributed by atoms with Gasteiger partial charge in [-0.2, -0.15) is 5.26 Å². The number of carbonyl (C=O) groups excluding carboxylic acids is 2. The molecule has 1 atom stereocenters. The second kappa shape index (κ2) is 12.3. The summed E-state index contributed by atoms with van der Waals surface area (Å²) < 4.78 is 47.0. The molecule has 33 heavy (non-hydrogen) atoms. The minimum Gasteiger partial charge on any atom is -0.493 e. The van der Waals surface area contributed by atoms with Crippen LogP contribution < -0.4 is 15.0 Å². The van der Waals surface area contributed by atoms with Crippen molar-refractivity contribution in [1.29, 1.82) is 0 Å². The van der Waals surface area contributed by atoms with Crippen LogP contribution >= 0.6 is 0 Å². The first-order valence-corrected chi connectivity index (χ1v) is 11.5. The Bertz CT molecular complexity index is 1110. The van der Waals surface area contributed by atoms with Gasteiger partial charge in [-0.1, -0.05) is 38.1 Å². The Morgan fingerprint density at radius 3 is 2.79 bits per heavy atom. The molecule has 3 rings (SSSR count). The molecule has 2 aromatic carbocycles. The lowest BCUT2D eigenvalue weighted by Gasteiger charge is -2.33. The van der Waals surface area contributed by atoms with Gasteiger partial charge >= 0.3 is 6.29 Å². The van der Waals surface area contributed by atoms with Crippen molar-refractivity contribution in [3.8, 4) is 5.75 Å². The molecule has 0 radical (unpaired) electrons. The number of anilines is 1. The minimum absolute atomic E-state index is 0.0339. The van der Waals surface area contributed by atoms with Gasteiger partial charge in [-0.05, 0) is 67.8 Å². The van der Waals surface area contributed by atoms with Crippen molar-refractivity contribution < 1.29 is 26.2 Å². The average Bonchev–Trinajstić information content (AvgIpc) is 2.84. The van der Waals surface area contributed by atoms with Crippen molar-refractivity contribution >= 4 is 17.9 Å². The van der Waals surface area contributed by atoms with E-state index in [1.807, 2.05) is 12.1 Å². The zero-order chi connectivity index (χ0) is 27.9. The summed E-state index contributed by atoms with van der Waals surface area (Å²) in [6, 6.07) is 12.5.